The monoisotopic (exact) mass is 436 g/mol. The minimum atomic E-state index is -1.22. The zero-order valence-corrected chi connectivity index (χ0v) is 21.6. The zero-order chi connectivity index (χ0) is 14.3. The molecule has 0 rings (SSSR count). The molecular formula is C11H30Cl2Si3Sn. The quantitative estimate of drug-likeness (QED) is 0.433. The Morgan fingerprint density at radius 1 is 0.706 bits per heavy atom. The molecule has 6 heteroatoms. The van der Waals surface area contributed by atoms with Gasteiger partial charge in [-0.1, -0.05) is 0 Å². The fraction of sp³-hybridized carbons (Fsp3) is 1.00. The first-order valence-corrected chi connectivity index (χ1v) is 22.2. The van der Waals surface area contributed by atoms with E-state index in [1.54, 1.807) is 0 Å². The molecule has 0 amide bonds. The van der Waals surface area contributed by atoms with Crippen molar-refractivity contribution in [3.63, 3.8) is 0 Å². The van der Waals surface area contributed by atoms with Crippen LogP contribution in [0.4, 0.5) is 0 Å². The van der Waals surface area contributed by atoms with Gasteiger partial charge >= 0.3 is 133 Å². The van der Waals surface area contributed by atoms with Gasteiger partial charge in [-0.3, -0.25) is 0 Å². The van der Waals surface area contributed by atoms with Gasteiger partial charge in [0.15, 0.2) is 0 Å². The van der Waals surface area contributed by atoms with Crippen molar-refractivity contribution in [1.82, 2.24) is 0 Å². The van der Waals surface area contributed by atoms with Crippen molar-refractivity contribution in [3.05, 3.63) is 0 Å². The van der Waals surface area contributed by atoms with E-state index in [1.807, 2.05) is 0 Å². The SMILES string of the molecule is C[Si](C)(C)[C]([SnH2][CH](Cl)Cl)([Si](C)(C)C)[Si](C)(C)C. The molecule has 0 saturated carbocycles. The second-order valence-electron chi connectivity index (χ2n) is 8.25. The molecule has 0 saturated heterocycles. The Hall–Kier alpha value is 2.03. The molecule has 0 radical (unpaired) electrons. The molecule has 0 nitrogen and oxygen atoms in total. The maximum atomic E-state index is 6.31. The zero-order valence-electron chi connectivity index (χ0n) is 13.0. The van der Waals surface area contributed by atoms with Crippen molar-refractivity contribution in [2.24, 2.45) is 0 Å². The van der Waals surface area contributed by atoms with E-state index in [4.69, 9.17) is 23.2 Å². The summed E-state index contributed by atoms with van der Waals surface area (Å²) in [6.07, 6.45) is 0. The van der Waals surface area contributed by atoms with Gasteiger partial charge in [0.2, 0.25) is 0 Å². The van der Waals surface area contributed by atoms with Crippen LogP contribution in [0, 0.1) is 0 Å². The third-order valence-corrected chi connectivity index (χ3v) is 61.5. The maximum absolute atomic E-state index is 6.31. The normalized spacial score (nSPS) is 16.2. The first kappa shape index (κ1) is 19.0. The molecule has 0 aliphatic heterocycles. The average Bonchev–Trinajstić information content (AvgIpc) is 1.91. The summed E-state index contributed by atoms with van der Waals surface area (Å²) >= 11 is 11.4. The Morgan fingerprint density at radius 3 is 1.00 bits per heavy atom. The molecular weight excluding hydrogens is 406 g/mol. The van der Waals surface area contributed by atoms with Crippen molar-refractivity contribution in [3.8, 4) is 0 Å². The molecule has 0 heterocycles. The molecule has 0 aromatic carbocycles. The van der Waals surface area contributed by atoms with E-state index in [-0.39, 0.29) is 2.85 Å². The topological polar surface area (TPSA) is 0 Å². The van der Waals surface area contributed by atoms with Crippen LogP contribution < -0.4 is 0 Å². The molecule has 104 valence electrons. The van der Waals surface area contributed by atoms with Gasteiger partial charge in [0.25, 0.3) is 0 Å². The first-order chi connectivity index (χ1) is 7.17. The standard InChI is InChI=1S/C10H27Si3.CHCl2.Sn.2H/c1-11(2,3)10(12(4,5)6)13(7,8)9;2-1-3;;;/h1-9H3;1H;;;. The first-order valence-electron chi connectivity index (χ1n) is 6.45. The van der Waals surface area contributed by atoms with Crippen molar-refractivity contribution < 1.29 is 0 Å². The third-order valence-electron chi connectivity index (χ3n) is 4.30. The van der Waals surface area contributed by atoms with Crippen LogP contribution in [0.1, 0.15) is 0 Å². The molecule has 0 aromatic heterocycles. The fourth-order valence-electron chi connectivity index (χ4n) is 4.53. The number of halogens is 2. The van der Waals surface area contributed by atoms with E-state index in [9.17, 15) is 0 Å². The van der Waals surface area contributed by atoms with E-state index >= 15 is 0 Å². The molecule has 0 aliphatic rings. The van der Waals surface area contributed by atoms with Crippen molar-refractivity contribution >= 4 is 68.6 Å². The van der Waals surface area contributed by atoms with E-state index in [1.165, 1.54) is 0 Å². The van der Waals surface area contributed by atoms with Crippen molar-refractivity contribution in [2.75, 3.05) is 0 Å². The van der Waals surface area contributed by atoms with Crippen LogP contribution in [0.5, 0.6) is 0 Å². The summed E-state index contributed by atoms with van der Waals surface area (Å²) in [6.45, 7) is 23.1. The number of hydrogen-bond donors (Lipinski definition) is 0. The summed E-state index contributed by atoms with van der Waals surface area (Å²) in [7, 11) is -3.67. The van der Waals surface area contributed by atoms with E-state index in [0.717, 1.165) is 0 Å². The molecule has 0 bridgehead atoms. The second-order valence-corrected chi connectivity index (χ2v) is 42.6. The van der Waals surface area contributed by atoms with Gasteiger partial charge in [-0.2, -0.15) is 0 Å². The molecule has 0 unspecified atom stereocenters. The summed E-state index contributed by atoms with van der Waals surface area (Å²) in [5.41, 5.74) is 0. The molecule has 0 N–H and O–H groups in total. The Balaban J connectivity index is 5.93. The van der Waals surface area contributed by atoms with Crippen molar-refractivity contribution in [2.45, 2.75) is 64.1 Å². The van der Waals surface area contributed by atoms with E-state index < -0.39 is 45.4 Å². The van der Waals surface area contributed by atoms with Crippen LogP contribution >= 0.6 is 23.2 Å². The van der Waals surface area contributed by atoms with Crippen LogP contribution in [-0.4, -0.2) is 48.2 Å². The predicted molar refractivity (Wildman–Crippen MR) is 96.8 cm³/mol. The number of hydrogen-bond acceptors (Lipinski definition) is 0. The van der Waals surface area contributed by atoms with Crippen LogP contribution in [-0.2, 0) is 0 Å². The Labute approximate surface area is 131 Å². The summed E-state index contributed by atoms with van der Waals surface area (Å²) in [5.74, 6) is 0. The van der Waals surface area contributed by atoms with Gasteiger partial charge in [0.1, 0.15) is 0 Å². The van der Waals surface area contributed by atoms with Crippen LogP contribution in [0.25, 0.3) is 0 Å². The summed E-state index contributed by atoms with van der Waals surface area (Å²) in [6, 6.07) is 0. The molecule has 0 atom stereocenters. The summed E-state index contributed by atoms with van der Waals surface area (Å²) in [4.78, 5) is 0. The van der Waals surface area contributed by atoms with Gasteiger partial charge in [0.05, 0.1) is 0 Å². The Morgan fingerprint density at radius 2 is 0.941 bits per heavy atom. The van der Waals surface area contributed by atoms with Gasteiger partial charge in [-0.05, 0) is 0 Å². The minimum absolute atomic E-state index is 0.00183. The Bertz CT molecular complexity index is 225. The van der Waals surface area contributed by atoms with E-state index in [2.05, 4.69) is 58.9 Å². The van der Waals surface area contributed by atoms with Gasteiger partial charge in [-0.25, -0.2) is 0 Å². The van der Waals surface area contributed by atoms with Gasteiger partial charge < -0.3 is 0 Å². The predicted octanol–water partition coefficient (Wildman–Crippen LogP) is 4.71. The van der Waals surface area contributed by atoms with Gasteiger partial charge in [-0.15, -0.1) is 0 Å². The van der Waals surface area contributed by atoms with Crippen LogP contribution in [0.3, 0.4) is 0 Å². The Kier molecular flexibility index (Phi) is 6.49. The average molecular weight is 436 g/mol. The summed E-state index contributed by atoms with van der Waals surface area (Å²) < 4.78 is 0.699. The van der Waals surface area contributed by atoms with Crippen LogP contribution in [0.15, 0.2) is 0 Å². The molecule has 17 heavy (non-hydrogen) atoms. The van der Waals surface area contributed by atoms with Gasteiger partial charge in [0, 0.05) is 0 Å². The summed E-state index contributed by atoms with van der Waals surface area (Å²) in [5, 5.41) is 0. The molecule has 0 aromatic rings. The van der Waals surface area contributed by atoms with Crippen LogP contribution in [0.2, 0.25) is 61.2 Å². The fourth-order valence-corrected chi connectivity index (χ4v) is 62.8. The molecule has 0 spiro atoms. The second kappa shape index (κ2) is 5.80. The van der Waals surface area contributed by atoms with Crippen molar-refractivity contribution in [1.29, 1.82) is 0 Å². The van der Waals surface area contributed by atoms with E-state index in [0.29, 0.717) is 2.30 Å². The molecule has 0 aliphatic carbocycles. The molecule has 0 fully saturated rings. The third kappa shape index (κ3) is 4.00. The number of alkyl halides is 2. The number of rotatable bonds is 5.